The van der Waals surface area contributed by atoms with E-state index in [2.05, 4.69) is 129 Å². The summed E-state index contributed by atoms with van der Waals surface area (Å²) >= 11 is 0. The fourth-order valence-electron chi connectivity index (χ4n) is 9.50. The van der Waals surface area contributed by atoms with Gasteiger partial charge in [0.15, 0.2) is 6.29 Å². The fraction of sp³-hybridized carbons (Fsp3) is 0.700. The van der Waals surface area contributed by atoms with Gasteiger partial charge in [-0.3, -0.25) is 4.79 Å². The summed E-state index contributed by atoms with van der Waals surface area (Å²) < 4.78 is 11.3. The smallest absolute Gasteiger partial charge is 0.220 e. The van der Waals surface area contributed by atoms with Crippen molar-refractivity contribution < 1.29 is 39.8 Å². The molecule has 0 aromatic heterocycles. The van der Waals surface area contributed by atoms with Crippen LogP contribution in [0.5, 0.6) is 0 Å². The standard InChI is InChI=1S/C70H119NO8/c1-3-5-7-9-11-13-15-17-19-20-21-22-23-24-25-26-27-28-29-30-31-32-33-34-35-36-37-38-39-40-41-42-43-44-46-48-50-52-54-56-58-60-66(74)71-63(62-78-70-69(77)68(76)67(75)65(61-72)79-70)64(73)59-57-55-53-51-49-47-45-18-16-14-12-10-8-6-4-2/h5,7,11,13,17,19,21-22,24-25,27-28,30-31,33-34,36-37,57,59,63-65,67-70,72-73,75-77H,3-4,6,8-10,12,14-16,18,20,23,26,29,32,35,38-56,58,60-62H2,1-2H3,(H,71,74)/b7-5-,13-11-,19-17-,22-21-,25-24-,28-27-,31-30-,34-33-,37-36-,59-57+. The summed E-state index contributed by atoms with van der Waals surface area (Å²) in [6, 6.07) is -0.812. The number of aliphatic hydroxyl groups excluding tert-OH is 5. The highest BCUT2D eigenvalue weighted by molar-refractivity contribution is 5.76. The van der Waals surface area contributed by atoms with Gasteiger partial charge in [-0.25, -0.2) is 0 Å². The van der Waals surface area contributed by atoms with Crippen LogP contribution in [0.25, 0.3) is 0 Å². The van der Waals surface area contributed by atoms with Gasteiger partial charge in [0.05, 0.1) is 25.4 Å². The maximum Gasteiger partial charge on any atom is 0.220 e. The molecule has 0 spiro atoms. The zero-order valence-corrected chi connectivity index (χ0v) is 50.3. The molecular weight excluding hydrogens is 983 g/mol. The molecule has 0 aliphatic carbocycles. The second-order valence-electron chi connectivity index (χ2n) is 21.8. The summed E-state index contributed by atoms with van der Waals surface area (Å²) in [5.74, 6) is -0.181. The Morgan fingerprint density at radius 3 is 1.16 bits per heavy atom. The summed E-state index contributed by atoms with van der Waals surface area (Å²) in [5, 5.41) is 54.5. The van der Waals surface area contributed by atoms with Crippen LogP contribution in [0.1, 0.15) is 258 Å². The summed E-state index contributed by atoms with van der Waals surface area (Å²) in [6.07, 6.45) is 79.9. The Kier molecular flexibility index (Phi) is 53.9. The van der Waals surface area contributed by atoms with E-state index in [0.29, 0.717) is 6.42 Å². The van der Waals surface area contributed by atoms with E-state index in [-0.39, 0.29) is 12.5 Å². The predicted molar refractivity (Wildman–Crippen MR) is 336 cm³/mol. The highest BCUT2D eigenvalue weighted by Crippen LogP contribution is 2.23. The molecule has 1 rings (SSSR count). The number of aliphatic hydroxyl groups is 5. The van der Waals surface area contributed by atoms with Gasteiger partial charge in [-0.1, -0.05) is 283 Å². The Labute approximate surface area is 484 Å². The minimum absolute atomic E-state index is 0.181. The van der Waals surface area contributed by atoms with E-state index in [4.69, 9.17) is 9.47 Å². The molecule has 0 radical (unpaired) electrons. The van der Waals surface area contributed by atoms with Crippen LogP contribution >= 0.6 is 0 Å². The van der Waals surface area contributed by atoms with Gasteiger partial charge in [0.2, 0.25) is 5.91 Å². The molecule has 1 aliphatic heterocycles. The molecular formula is C70H119NO8. The quantitative estimate of drug-likeness (QED) is 0.0261. The molecule has 0 aromatic rings. The first-order valence-corrected chi connectivity index (χ1v) is 32.3. The summed E-state index contributed by atoms with van der Waals surface area (Å²) in [4.78, 5) is 13.1. The fourth-order valence-corrected chi connectivity index (χ4v) is 9.50. The van der Waals surface area contributed by atoms with Gasteiger partial charge in [-0.05, 0) is 89.9 Å². The van der Waals surface area contributed by atoms with Gasteiger partial charge in [0.25, 0.3) is 0 Å². The number of unbranched alkanes of at least 4 members (excludes halogenated alkanes) is 26. The number of amides is 1. The number of carbonyl (C=O) groups excluding carboxylic acids is 1. The first-order chi connectivity index (χ1) is 38.8. The molecule has 1 saturated heterocycles. The number of carbonyl (C=O) groups is 1. The normalized spacial score (nSPS) is 19.4. The third-order valence-corrected chi connectivity index (χ3v) is 14.5. The SMILES string of the molecule is CC/C=C\C/C=C\C/C=C\C/C=C\C/C=C\C/C=C\C/C=C\C/C=C\C/C=C\CCCCCCCCCCCCCCCC(=O)NC(COC1OC(CO)C(O)C(O)C1O)C(O)/C=C/CCCCCCCCCCCCCCC. The van der Waals surface area contributed by atoms with E-state index in [1.807, 2.05) is 6.08 Å². The van der Waals surface area contributed by atoms with Crippen LogP contribution in [0.3, 0.4) is 0 Å². The average molecular weight is 1100 g/mol. The lowest BCUT2D eigenvalue weighted by molar-refractivity contribution is -0.302. The lowest BCUT2D eigenvalue weighted by Crippen LogP contribution is -2.60. The third kappa shape index (κ3) is 46.9. The van der Waals surface area contributed by atoms with Gasteiger partial charge >= 0.3 is 0 Å². The predicted octanol–water partition coefficient (Wildman–Crippen LogP) is 17.1. The molecule has 1 amide bonds. The van der Waals surface area contributed by atoms with Gasteiger partial charge in [0.1, 0.15) is 24.4 Å². The molecule has 7 unspecified atom stereocenters. The van der Waals surface area contributed by atoms with Crippen molar-refractivity contribution in [3.8, 4) is 0 Å². The molecule has 1 aliphatic rings. The molecule has 9 nitrogen and oxygen atoms in total. The van der Waals surface area contributed by atoms with E-state index in [1.54, 1.807) is 6.08 Å². The molecule has 0 bridgehead atoms. The lowest BCUT2D eigenvalue weighted by Gasteiger charge is -2.40. The van der Waals surface area contributed by atoms with E-state index >= 15 is 0 Å². The Bertz CT molecular complexity index is 1660. The number of rotatable bonds is 54. The molecule has 1 fully saturated rings. The summed E-state index contributed by atoms with van der Waals surface area (Å²) in [7, 11) is 0. The Morgan fingerprint density at radius 2 is 0.785 bits per heavy atom. The molecule has 0 saturated carbocycles. The molecule has 1 heterocycles. The van der Waals surface area contributed by atoms with Crippen molar-refractivity contribution in [3.63, 3.8) is 0 Å². The minimum Gasteiger partial charge on any atom is -0.394 e. The van der Waals surface area contributed by atoms with Crippen LogP contribution in [0.15, 0.2) is 122 Å². The Hall–Kier alpha value is -3.41. The maximum absolute atomic E-state index is 13.1. The van der Waals surface area contributed by atoms with E-state index < -0.39 is 49.5 Å². The summed E-state index contributed by atoms with van der Waals surface area (Å²) in [5.41, 5.74) is 0. The third-order valence-electron chi connectivity index (χ3n) is 14.5. The van der Waals surface area contributed by atoms with Crippen LogP contribution in [-0.4, -0.2) is 87.5 Å². The zero-order chi connectivity index (χ0) is 57.2. The van der Waals surface area contributed by atoms with Gasteiger partial charge in [0, 0.05) is 6.42 Å². The monoisotopic (exact) mass is 1100 g/mol. The van der Waals surface area contributed by atoms with E-state index in [9.17, 15) is 30.3 Å². The molecule has 452 valence electrons. The summed E-state index contributed by atoms with van der Waals surface area (Å²) in [6.45, 7) is 3.66. The van der Waals surface area contributed by atoms with Gasteiger partial charge in [-0.2, -0.15) is 0 Å². The molecule has 79 heavy (non-hydrogen) atoms. The van der Waals surface area contributed by atoms with E-state index in [1.165, 1.54) is 141 Å². The van der Waals surface area contributed by atoms with E-state index in [0.717, 1.165) is 96.3 Å². The Morgan fingerprint density at radius 1 is 0.443 bits per heavy atom. The van der Waals surface area contributed by atoms with Crippen LogP contribution in [-0.2, 0) is 14.3 Å². The second kappa shape index (κ2) is 57.8. The van der Waals surface area contributed by atoms with Crippen molar-refractivity contribution in [1.82, 2.24) is 5.32 Å². The first-order valence-electron chi connectivity index (χ1n) is 32.3. The Balaban J connectivity index is 2.11. The van der Waals surface area contributed by atoms with Crippen LogP contribution in [0.2, 0.25) is 0 Å². The molecule has 9 heteroatoms. The number of allylic oxidation sites excluding steroid dienone is 19. The highest BCUT2D eigenvalue weighted by Gasteiger charge is 2.44. The van der Waals surface area contributed by atoms with Crippen molar-refractivity contribution >= 4 is 5.91 Å². The average Bonchev–Trinajstić information content (AvgIpc) is 3.46. The number of hydrogen-bond donors (Lipinski definition) is 6. The van der Waals surface area contributed by atoms with Crippen LogP contribution in [0, 0.1) is 0 Å². The van der Waals surface area contributed by atoms with Gasteiger partial charge < -0.3 is 40.3 Å². The zero-order valence-electron chi connectivity index (χ0n) is 50.3. The maximum atomic E-state index is 13.1. The largest absolute Gasteiger partial charge is 0.394 e. The second-order valence-corrected chi connectivity index (χ2v) is 21.8. The molecule has 6 N–H and O–H groups in total. The van der Waals surface area contributed by atoms with Crippen molar-refractivity contribution in [2.24, 2.45) is 0 Å². The minimum atomic E-state index is -1.57. The molecule has 0 aromatic carbocycles. The van der Waals surface area contributed by atoms with Gasteiger partial charge in [-0.15, -0.1) is 0 Å². The van der Waals surface area contributed by atoms with Crippen LogP contribution < -0.4 is 5.32 Å². The van der Waals surface area contributed by atoms with Crippen molar-refractivity contribution in [2.75, 3.05) is 13.2 Å². The topological polar surface area (TPSA) is 149 Å². The van der Waals surface area contributed by atoms with Crippen molar-refractivity contribution in [2.45, 2.75) is 301 Å². The number of hydrogen-bond acceptors (Lipinski definition) is 8. The first kappa shape index (κ1) is 73.6. The lowest BCUT2D eigenvalue weighted by atomic mass is 9.99. The van der Waals surface area contributed by atoms with Crippen LogP contribution in [0.4, 0.5) is 0 Å². The highest BCUT2D eigenvalue weighted by atomic mass is 16.7. The number of nitrogens with one attached hydrogen (secondary N) is 1. The van der Waals surface area contributed by atoms with Crippen molar-refractivity contribution in [3.05, 3.63) is 122 Å². The number of ether oxygens (including phenoxy) is 2. The van der Waals surface area contributed by atoms with Crippen molar-refractivity contribution in [1.29, 1.82) is 0 Å². The molecule has 7 atom stereocenters.